The summed E-state index contributed by atoms with van der Waals surface area (Å²) >= 11 is 0. The van der Waals surface area contributed by atoms with Gasteiger partial charge in [-0.2, -0.15) is 13.2 Å². The van der Waals surface area contributed by atoms with Crippen LogP contribution in [0.15, 0.2) is 47.4 Å². The van der Waals surface area contributed by atoms with Crippen LogP contribution in [-0.2, 0) is 25.7 Å². The van der Waals surface area contributed by atoms with Crippen LogP contribution in [0, 0.1) is 5.82 Å². The van der Waals surface area contributed by atoms with Crippen LogP contribution >= 0.6 is 0 Å². The van der Waals surface area contributed by atoms with Gasteiger partial charge in [0, 0.05) is 12.3 Å². The van der Waals surface area contributed by atoms with E-state index in [1.165, 1.54) is 0 Å². The van der Waals surface area contributed by atoms with E-state index >= 15 is 0 Å². The van der Waals surface area contributed by atoms with Gasteiger partial charge in [-0.05, 0) is 55.3 Å². The number of benzene rings is 2. The van der Waals surface area contributed by atoms with Gasteiger partial charge in [-0.1, -0.05) is 0 Å². The maximum atomic E-state index is 13.5. The number of halogens is 4. The molecule has 0 radical (unpaired) electrons. The first-order valence-corrected chi connectivity index (χ1v) is 9.97. The number of hydrogen-bond donors (Lipinski definition) is 2. The molecular formula is C18H16F4N2O4S. The molecule has 6 nitrogen and oxygen atoms in total. The lowest BCUT2D eigenvalue weighted by Crippen LogP contribution is -2.27. The molecule has 1 fully saturated rings. The smallest absolute Gasteiger partial charge is 0.368 e. The highest BCUT2D eigenvalue weighted by molar-refractivity contribution is 7.92. The van der Waals surface area contributed by atoms with E-state index in [1.807, 2.05) is 4.72 Å². The predicted molar refractivity (Wildman–Crippen MR) is 96.3 cm³/mol. The quantitative estimate of drug-likeness (QED) is 0.705. The molecule has 1 atom stereocenters. The zero-order valence-corrected chi connectivity index (χ0v) is 15.6. The molecular weight excluding hydrogens is 416 g/mol. The van der Waals surface area contributed by atoms with Gasteiger partial charge < -0.3 is 10.1 Å². The number of sulfonamides is 1. The molecule has 1 heterocycles. The standard InChI is InChI=1S/C18H16F4N2O4S/c19-11-3-6-13(7-4-11)29(26,27)24-15-8-5-12(10-14(15)18(20,21)22)23-17(25)16-2-1-9-28-16/h3-8,10,16,24H,1-2,9H2,(H,23,25). The summed E-state index contributed by atoms with van der Waals surface area (Å²) in [6.45, 7) is 0.399. The monoisotopic (exact) mass is 432 g/mol. The molecule has 2 N–H and O–H groups in total. The Kier molecular flexibility index (Phi) is 5.80. The zero-order valence-electron chi connectivity index (χ0n) is 14.8. The third kappa shape index (κ3) is 5.04. The lowest BCUT2D eigenvalue weighted by Gasteiger charge is -2.17. The van der Waals surface area contributed by atoms with Gasteiger partial charge in [0.05, 0.1) is 16.1 Å². The Balaban J connectivity index is 1.88. The summed E-state index contributed by atoms with van der Waals surface area (Å²) in [6, 6.07) is 6.29. The fourth-order valence-electron chi connectivity index (χ4n) is 2.77. The summed E-state index contributed by atoms with van der Waals surface area (Å²) in [5.74, 6) is -1.26. The Morgan fingerprint density at radius 1 is 1.10 bits per heavy atom. The minimum absolute atomic E-state index is 0.150. The van der Waals surface area contributed by atoms with E-state index in [1.54, 1.807) is 0 Å². The predicted octanol–water partition coefficient (Wildman–Crippen LogP) is 3.76. The number of amides is 1. The van der Waals surface area contributed by atoms with E-state index in [9.17, 15) is 30.8 Å². The summed E-state index contributed by atoms with van der Waals surface area (Å²) in [5, 5.41) is 2.34. The number of hydrogen-bond acceptors (Lipinski definition) is 4. The first-order chi connectivity index (χ1) is 13.6. The molecule has 1 amide bonds. The third-order valence-corrected chi connectivity index (χ3v) is 5.56. The first-order valence-electron chi connectivity index (χ1n) is 8.48. The van der Waals surface area contributed by atoms with E-state index in [4.69, 9.17) is 4.74 Å². The average molecular weight is 432 g/mol. The van der Waals surface area contributed by atoms with E-state index in [2.05, 4.69) is 5.32 Å². The number of ether oxygens (including phenoxy) is 1. The lowest BCUT2D eigenvalue weighted by atomic mass is 10.1. The molecule has 11 heteroatoms. The van der Waals surface area contributed by atoms with Gasteiger partial charge in [0.15, 0.2) is 0 Å². The highest BCUT2D eigenvalue weighted by Gasteiger charge is 2.35. The average Bonchev–Trinajstić information content (AvgIpc) is 3.17. The number of carbonyl (C=O) groups is 1. The van der Waals surface area contributed by atoms with Gasteiger partial charge in [-0.15, -0.1) is 0 Å². The normalized spacial score (nSPS) is 17.2. The number of nitrogens with one attached hydrogen (secondary N) is 2. The topological polar surface area (TPSA) is 84.5 Å². The molecule has 1 saturated heterocycles. The van der Waals surface area contributed by atoms with Crippen molar-refractivity contribution >= 4 is 27.3 Å². The highest BCUT2D eigenvalue weighted by Crippen LogP contribution is 2.37. The SMILES string of the molecule is O=C(Nc1ccc(NS(=O)(=O)c2ccc(F)cc2)c(C(F)(F)F)c1)C1CCCO1. The maximum absolute atomic E-state index is 13.5. The van der Waals surface area contributed by atoms with Crippen molar-refractivity contribution < 1.29 is 35.5 Å². The Hall–Kier alpha value is -2.66. The van der Waals surface area contributed by atoms with Crippen molar-refractivity contribution in [3.63, 3.8) is 0 Å². The van der Waals surface area contributed by atoms with Crippen LogP contribution in [0.1, 0.15) is 18.4 Å². The minimum Gasteiger partial charge on any atom is -0.368 e. The number of rotatable bonds is 5. The second-order valence-corrected chi connectivity index (χ2v) is 7.99. The number of alkyl halides is 3. The molecule has 0 aliphatic carbocycles. The largest absolute Gasteiger partial charge is 0.418 e. The summed E-state index contributed by atoms with van der Waals surface area (Å²) in [5.41, 5.74) is -2.16. The molecule has 0 saturated carbocycles. The van der Waals surface area contributed by atoms with Crippen molar-refractivity contribution in [3.05, 3.63) is 53.8 Å². The lowest BCUT2D eigenvalue weighted by molar-refractivity contribution is -0.137. The summed E-state index contributed by atoms with van der Waals surface area (Å²) in [4.78, 5) is 11.6. The van der Waals surface area contributed by atoms with Gasteiger partial charge in [0.25, 0.3) is 15.9 Å². The van der Waals surface area contributed by atoms with Crippen molar-refractivity contribution in [2.45, 2.75) is 30.0 Å². The number of anilines is 2. The van der Waals surface area contributed by atoms with Crippen LogP contribution < -0.4 is 10.0 Å². The molecule has 1 aliphatic rings. The van der Waals surface area contributed by atoms with Crippen LogP contribution in [0.5, 0.6) is 0 Å². The van der Waals surface area contributed by atoms with Crippen molar-refractivity contribution in [1.82, 2.24) is 0 Å². The molecule has 0 bridgehead atoms. The molecule has 3 rings (SSSR count). The number of carbonyl (C=O) groups excluding carboxylic acids is 1. The van der Waals surface area contributed by atoms with E-state index in [0.29, 0.717) is 25.5 Å². The Morgan fingerprint density at radius 2 is 1.79 bits per heavy atom. The fraction of sp³-hybridized carbons (Fsp3) is 0.278. The second-order valence-electron chi connectivity index (χ2n) is 6.31. The van der Waals surface area contributed by atoms with Crippen molar-refractivity contribution in [1.29, 1.82) is 0 Å². The van der Waals surface area contributed by atoms with E-state index in [0.717, 1.165) is 36.4 Å². The Labute approximate surface area is 163 Å². The fourth-order valence-corrected chi connectivity index (χ4v) is 3.85. The van der Waals surface area contributed by atoms with E-state index < -0.39 is 50.2 Å². The molecule has 0 spiro atoms. The summed E-state index contributed by atoms with van der Waals surface area (Å²) < 4.78 is 85.1. The third-order valence-electron chi connectivity index (χ3n) is 4.18. The Bertz CT molecular complexity index is 1000. The zero-order chi connectivity index (χ0) is 21.2. The molecule has 1 unspecified atom stereocenters. The molecule has 156 valence electrons. The van der Waals surface area contributed by atoms with Crippen LogP contribution in [-0.4, -0.2) is 27.0 Å². The van der Waals surface area contributed by atoms with Crippen molar-refractivity contribution in [2.75, 3.05) is 16.6 Å². The van der Waals surface area contributed by atoms with Gasteiger partial charge in [0.2, 0.25) is 0 Å². The van der Waals surface area contributed by atoms with Crippen LogP contribution in [0.2, 0.25) is 0 Å². The van der Waals surface area contributed by atoms with Crippen LogP contribution in [0.4, 0.5) is 28.9 Å². The summed E-state index contributed by atoms with van der Waals surface area (Å²) in [7, 11) is -4.39. The van der Waals surface area contributed by atoms with Crippen molar-refractivity contribution in [3.8, 4) is 0 Å². The summed E-state index contributed by atoms with van der Waals surface area (Å²) in [6.07, 6.45) is -4.49. The van der Waals surface area contributed by atoms with Crippen LogP contribution in [0.3, 0.4) is 0 Å². The van der Waals surface area contributed by atoms with Gasteiger partial charge in [-0.3, -0.25) is 9.52 Å². The molecule has 2 aromatic carbocycles. The highest BCUT2D eigenvalue weighted by atomic mass is 32.2. The second kappa shape index (κ2) is 7.99. The Morgan fingerprint density at radius 3 is 2.38 bits per heavy atom. The molecule has 29 heavy (non-hydrogen) atoms. The van der Waals surface area contributed by atoms with Crippen molar-refractivity contribution in [2.24, 2.45) is 0 Å². The van der Waals surface area contributed by atoms with Gasteiger partial charge in [0.1, 0.15) is 11.9 Å². The van der Waals surface area contributed by atoms with Crippen LogP contribution in [0.25, 0.3) is 0 Å². The minimum atomic E-state index is -4.90. The molecule has 1 aliphatic heterocycles. The molecule has 2 aromatic rings. The van der Waals surface area contributed by atoms with Gasteiger partial charge in [-0.25, -0.2) is 12.8 Å². The maximum Gasteiger partial charge on any atom is 0.418 e. The first kappa shape index (κ1) is 21.1. The molecule has 0 aromatic heterocycles. The van der Waals surface area contributed by atoms with Gasteiger partial charge >= 0.3 is 6.18 Å². The van der Waals surface area contributed by atoms with E-state index in [-0.39, 0.29) is 5.69 Å².